The highest BCUT2D eigenvalue weighted by atomic mass is 32.1. The lowest BCUT2D eigenvalue weighted by Gasteiger charge is -2.33. The van der Waals surface area contributed by atoms with E-state index >= 15 is 0 Å². The molecule has 5 N–H and O–H groups in total. The van der Waals surface area contributed by atoms with Crippen molar-refractivity contribution in [3.05, 3.63) is 34.8 Å². The van der Waals surface area contributed by atoms with E-state index in [1.54, 1.807) is 24.3 Å². The molecule has 3 amide bonds. The highest BCUT2D eigenvalue weighted by Gasteiger charge is 2.35. The van der Waals surface area contributed by atoms with Crippen molar-refractivity contribution in [3.8, 4) is 5.75 Å². The van der Waals surface area contributed by atoms with Gasteiger partial charge in [-0.3, -0.25) is 19.3 Å². The first-order valence-electron chi connectivity index (χ1n) is 10.9. The van der Waals surface area contributed by atoms with Crippen LogP contribution < -0.4 is 26.4 Å². The number of anilines is 2. The summed E-state index contributed by atoms with van der Waals surface area (Å²) in [7, 11) is 0. The number of carbonyl (C=O) groups excluding carboxylic acids is 3. The third-order valence-electron chi connectivity index (χ3n) is 4.74. The number of primary amides is 1. The van der Waals surface area contributed by atoms with Gasteiger partial charge in [-0.25, -0.2) is 0 Å². The third kappa shape index (κ3) is 6.67. The molecule has 2 rings (SSSR count). The summed E-state index contributed by atoms with van der Waals surface area (Å²) in [5.74, 6) is -0.974. The molecule has 0 fully saturated rings. The van der Waals surface area contributed by atoms with Crippen LogP contribution in [-0.4, -0.2) is 40.3 Å². The summed E-state index contributed by atoms with van der Waals surface area (Å²) in [6, 6.07) is 6.12. The fraction of sp³-hybridized carbons (Fsp3) is 0.478. The number of benzene rings is 1. The lowest BCUT2D eigenvalue weighted by molar-refractivity contribution is -0.123. The second-order valence-electron chi connectivity index (χ2n) is 8.64. The van der Waals surface area contributed by atoms with E-state index in [9.17, 15) is 14.4 Å². The zero-order valence-corrected chi connectivity index (χ0v) is 20.6. The van der Waals surface area contributed by atoms with Gasteiger partial charge in [0.2, 0.25) is 5.91 Å². The van der Waals surface area contributed by atoms with Crippen molar-refractivity contribution in [2.75, 3.05) is 17.2 Å². The number of rotatable bonds is 10. The SMILES string of the molecule is CCCC[C@H](C(=O)NC(C)(C)C)N(C(=O)c1snc(C(N)=O)c1N)c1ccc(OCC)cc1. The number of hydrogen-bond donors (Lipinski definition) is 3. The third-order valence-corrected chi connectivity index (χ3v) is 5.59. The van der Waals surface area contributed by atoms with Crippen LogP contribution in [0.2, 0.25) is 0 Å². The van der Waals surface area contributed by atoms with E-state index in [0.717, 1.165) is 24.4 Å². The van der Waals surface area contributed by atoms with Crippen LogP contribution in [0.15, 0.2) is 24.3 Å². The molecule has 1 atom stereocenters. The lowest BCUT2D eigenvalue weighted by Crippen LogP contribution is -2.54. The first-order chi connectivity index (χ1) is 15.5. The largest absolute Gasteiger partial charge is 0.494 e. The van der Waals surface area contributed by atoms with Crippen molar-refractivity contribution in [1.82, 2.24) is 9.69 Å². The van der Waals surface area contributed by atoms with Gasteiger partial charge in [-0.05, 0) is 69.9 Å². The molecule has 0 saturated carbocycles. The molecule has 0 radical (unpaired) electrons. The van der Waals surface area contributed by atoms with E-state index in [-0.39, 0.29) is 22.2 Å². The van der Waals surface area contributed by atoms with E-state index in [1.165, 1.54) is 4.90 Å². The number of unbranched alkanes of at least 4 members (excludes halogenated alkanes) is 1. The zero-order valence-electron chi connectivity index (χ0n) is 19.8. The number of hydrogen-bond acceptors (Lipinski definition) is 7. The van der Waals surface area contributed by atoms with Gasteiger partial charge in [0.1, 0.15) is 16.7 Å². The lowest BCUT2D eigenvalue weighted by atomic mass is 10.0. The minimum absolute atomic E-state index is 0.0581. The Kier molecular flexibility index (Phi) is 8.81. The first-order valence-corrected chi connectivity index (χ1v) is 11.7. The molecule has 0 aliphatic carbocycles. The maximum absolute atomic E-state index is 13.7. The van der Waals surface area contributed by atoms with E-state index < -0.39 is 23.4 Å². The Morgan fingerprint density at radius 1 is 1.18 bits per heavy atom. The number of nitrogens with one attached hydrogen (secondary N) is 1. The number of nitrogens with zero attached hydrogens (tertiary/aromatic N) is 2. The predicted octanol–water partition coefficient (Wildman–Crippen LogP) is 3.34. The van der Waals surface area contributed by atoms with Gasteiger partial charge in [0.25, 0.3) is 11.8 Å². The van der Waals surface area contributed by atoms with Crippen LogP contribution in [0, 0.1) is 0 Å². The van der Waals surface area contributed by atoms with Gasteiger partial charge < -0.3 is 21.5 Å². The molecule has 1 aromatic heterocycles. The number of amides is 3. The molecule has 0 aliphatic rings. The number of nitrogens with two attached hydrogens (primary N) is 2. The van der Waals surface area contributed by atoms with Crippen molar-refractivity contribution in [2.45, 2.75) is 65.5 Å². The maximum atomic E-state index is 13.7. The molecule has 2 aromatic rings. The Morgan fingerprint density at radius 2 is 1.82 bits per heavy atom. The molecule has 0 unspecified atom stereocenters. The van der Waals surface area contributed by atoms with E-state index in [1.807, 2.05) is 34.6 Å². The summed E-state index contributed by atoms with van der Waals surface area (Å²) in [5, 5.41) is 2.98. The Balaban J connectivity index is 2.59. The Morgan fingerprint density at radius 3 is 2.30 bits per heavy atom. The molecule has 0 saturated heterocycles. The highest BCUT2D eigenvalue weighted by Crippen LogP contribution is 2.30. The van der Waals surface area contributed by atoms with E-state index in [0.29, 0.717) is 24.5 Å². The molecule has 33 heavy (non-hydrogen) atoms. The van der Waals surface area contributed by atoms with Crippen molar-refractivity contribution in [1.29, 1.82) is 0 Å². The van der Waals surface area contributed by atoms with E-state index in [4.69, 9.17) is 16.2 Å². The van der Waals surface area contributed by atoms with Crippen LogP contribution in [0.5, 0.6) is 5.75 Å². The highest BCUT2D eigenvalue weighted by molar-refractivity contribution is 7.09. The van der Waals surface area contributed by atoms with Crippen molar-refractivity contribution in [3.63, 3.8) is 0 Å². The number of ether oxygens (including phenoxy) is 1. The molecule has 0 bridgehead atoms. The smallest absolute Gasteiger partial charge is 0.272 e. The van der Waals surface area contributed by atoms with Gasteiger partial charge in [-0.2, -0.15) is 4.37 Å². The fourth-order valence-corrected chi connectivity index (χ4v) is 4.02. The molecule has 1 aromatic carbocycles. The number of aromatic nitrogens is 1. The fourth-order valence-electron chi connectivity index (χ4n) is 3.27. The average molecular weight is 476 g/mol. The summed E-state index contributed by atoms with van der Waals surface area (Å²) in [4.78, 5) is 40.2. The van der Waals surface area contributed by atoms with Gasteiger partial charge in [-0.1, -0.05) is 19.8 Å². The Labute approximate surface area is 198 Å². The topological polar surface area (TPSA) is 141 Å². The van der Waals surface area contributed by atoms with Crippen LogP contribution >= 0.6 is 11.5 Å². The average Bonchev–Trinajstić information content (AvgIpc) is 3.12. The minimum atomic E-state index is -0.816. The summed E-state index contributed by atoms with van der Waals surface area (Å²) in [6.45, 7) is 10.0. The Bertz CT molecular complexity index is 982. The standard InChI is InChI=1S/C23H33N5O4S/c1-6-8-9-16(21(30)26-23(3,4)5)28(14-10-12-15(13-11-14)32-7-2)22(31)19-17(24)18(20(25)29)27-33-19/h10-13,16H,6-9,24H2,1-5H3,(H2,25,29)(H,26,30)/t16-/m1/s1. The van der Waals surface area contributed by atoms with Crippen molar-refractivity contribution >= 4 is 40.6 Å². The predicted molar refractivity (Wildman–Crippen MR) is 131 cm³/mol. The molecular formula is C23H33N5O4S. The maximum Gasteiger partial charge on any atom is 0.272 e. The van der Waals surface area contributed by atoms with Crippen LogP contribution in [0.4, 0.5) is 11.4 Å². The minimum Gasteiger partial charge on any atom is -0.494 e. The first kappa shape index (κ1) is 26.1. The molecular weight excluding hydrogens is 442 g/mol. The molecule has 180 valence electrons. The molecule has 0 aliphatic heterocycles. The second-order valence-corrected chi connectivity index (χ2v) is 9.41. The van der Waals surface area contributed by atoms with Gasteiger partial charge in [0, 0.05) is 11.2 Å². The molecule has 9 nitrogen and oxygen atoms in total. The molecule has 10 heteroatoms. The molecule has 1 heterocycles. The summed E-state index contributed by atoms with van der Waals surface area (Å²) in [5.41, 5.74) is 11.1. The normalized spacial score (nSPS) is 12.2. The quantitative estimate of drug-likeness (QED) is 0.481. The van der Waals surface area contributed by atoms with Crippen LogP contribution in [0.25, 0.3) is 0 Å². The summed E-state index contributed by atoms with van der Waals surface area (Å²) < 4.78 is 9.46. The number of nitrogen functional groups attached to an aromatic ring is 1. The van der Waals surface area contributed by atoms with Crippen LogP contribution in [0.3, 0.4) is 0 Å². The summed E-state index contributed by atoms with van der Waals surface area (Å²) in [6.07, 6.45) is 2.02. The number of carbonyl (C=O) groups is 3. The van der Waals surface area contributed by atoms with Gasteiger partial charge in [0.05, 0.1) is 12.3 Å². The van der Waals surface area contributed by atoms with Gasteiger partial charge in [-0.15, -0.1) is 0 Å². The van der Waals surface area contributed by atoms with Gasteiger partial charge in [0.15, 0.2) is 5.69 Å². The van der Waals surface area contributed by atoms with E-state index in [2.05, 4.69) is 9.69 Å². The van der Waals surface area contributed by atoms with Crippen LogP contribution in [0.1, 0.15) is 74.0 Å². The zero-order chi connectivity index (χ0) is 24.8. The van der Waals surface area contributed by atoms with Crippen molar-refractivity contribution in [2.24, 2.45) is 5.73 Å². The molecule has 0 spiro atoms. The van der Waals surface area contributed by atoms with Gasteiger partial charge >= 0.3 is 0 Å². The second kappa shape index (κ2) is 11.1. The monoisotopic (exact) mass is 475 g/mol. The Hall–Kier alpha value is -3.14. The van der Waals surface area contributed by atoms with Crippen LogP contribution in [-0.2, 0) is 4.79 Å². The van der Waals surface area contributed by atoms with Crippen molar-refractivity contribution < 1.29 is 19.1 Å². The summed E-state index contributed by atoms with van der Waals surface area (Å²) >= 11 is 0.790.